The minimum atomic E-state index is 0.999. The average Bonchev–Trinajstić information content (AvgIpc) is 2.58. The highest BCUT2D eigenvalue weighted by molar-refractivity contribution is 9.11. The molecule has 1 aromatic rings. The largest absolute Gasteiger partial charge is 0.313 e. The molecule has 1 N–H and O–H groups in total. The number of halogens is 1. The molecule has 0 unspecified atom stereocenters. The van der Waals surface area contributed by atoms with Crippen LogP contribution in [0.1, 0.15) is 18.9 Å². The second-order valence-electron chi connectivity index (χ2n) is 2.99. The van der Waals surface area contributed by atoms with E-state index >= 15 is 0 Å². The first kappa shape index (κ1) is 12.6. The van der Waals surface area contributed by atoms with Gasteiger partial charge in [0.2, 0.25) is 0 Å². The van der Waals surface area contributed by atoms with Crippen LogP contribution in [0.4, 0.5) is 0 Å². The number of rotatable bonds is 7. The number of thioether (sulfide) groups is 1. The molecule has 0 bridgehead atoms. The molecule has 14 heavy (non-hydrogen) atoms. The van der Waals surface area contributed by atoms with Crippen molar-refractivity contribution in [1.82, 2.24) is 5.32 Å². The van der Waals surface area contributed by atoms with Gasteiger partial charge in [0.15, 0.2) is 0 Å². The molecule has 0 aliphatic carbocycles. The van der Waals surface area contributed by atoms with Gasteiger partial charge in [-0.1, -0.05) is 6.92 Å². The fourth-order valence-corrected chi connectivity index (χ4v) is 2.96. The van der Waals surface area contributed by atoms with Crippen molar-refractivity contribution in [2.45, 2.75) is 19.9 Å². The van der Waals surface area contributed by atoms with Crippen LogP contribution in [0.25, 0.3) is 0 Å². The van der Waals surface area contributed by atoms with Gasteiger partial charge >= 0.3 is 0 Å². The summed E-state index contributed by atoms with van der Waals surface area (Å²) in [6.45, 7) is 4.33. The third kappa shape index (κ3) is 5.39. The van der Waals surface area contributed by atoms with E-state index in [-0.39, 0.29) is 0 Å². The van der Waals surface area contributed by atoms with Crippen molar-refractivity contribution in [2.75, 3.05) is 18.1 Å². The van der Waals surface area contributed by atoms with E-state index in [0.717, 1.165) is 13.1 Å². The highest BCUT2D eigenvalue weighted by atomic mass is 79.9. The van der Waals surface area contributed by atoms with Crippen LogP contribution in [0.3, 0.4) is 0 Å². The van der Waals surface area contributed by atoms with Gasteiger partial charge in [-0.3, -0.25) is 0 Å². The van der Waals surface area contributed by atoms with Crippen molar-refractivity contribution in [3.63, 3.8) is 0 Å². The fraction of sp³-hybridized carbons (Fsp3) is 0.600. The summed E-state index contributed by atoms with van der Waals surface area (Å²) in [5.41, 5.74) is 1.38. The third-order valence-corrected chi connectivity index (χ3v) is 4.34. The van der Waals surface area contributed by atoms with Gasteiger partial charge in [0.05, 0.1) is 3.79 Å². The van der Waals surface area contributed by atoms with Crippen LogP contribution in [-0.2, 0) is 6.54 Å². The van der Waals surface area contributed by atoms with Crippen molar-refractivity contribution in [3.05, 3.63) is 20.8 Å². The van der Waals surface area contributed by atoms with E-state index in [4.69, 9.17) is 0 Å². The Kier molecular flexibility index (Phi) is 6.94. The Morgan fingerprint density at radius 3 is 3.07 bits per heavy atom. The van der Waals surface area contributed by atoms with E-state index in [1.165, 1.54) is 27.3 Å². The van der Waals surface area contributed by atoms with Crippen molar-refractivity contribution in [1.29, 1.82) is 0 Å². The summed E-state index contributed by atoms with van der Waals surface area (Å²) in [5, 5.41) is 5.64. The smallest absolute Gasteiger partial charge is 0.0701 e. The first-order chi connectivity index (χ1) is 6.83. The molecule has 0 fully saturated rings. The SMILES string of the molecule is CCSCCCNCc1csc(Br)c1. The lowest BCUT2D eigenvalue weighted by molar-refractivity contribution is 0.680. The Morgan fingerprint density at radius 2 is 2.43 bits per heavy atom. The second-order valence-corrected chi connectivity index (χ2v) is 6.67. The van der Waals surface area contributed by atoms with E-state index in [0.29, 0.717) is 0 Å². The van der Waals surface area contributed by atoms with Gasteiger partial charge in [0.25, 0.3) is 0 Å². The zero-order chi connectivity index (χ0) is 10.2. The predicted octanol–water partition coefficient (Wildman–Crippen LogP) is 3.74. The van der Waals surface area contributed by atoms with E-state index in [1.807, 2.05) is 11.8 Å². The minimum Gasteiger partial charge on any atom is -0.313 e. The van der Waals surface area contributed by atoms with Crippen LogP contribution in [0.15, 0.2) is 15.2 Å². The zero-order valence-electron chi connectivity index (χ0n) is 8.38. The van der Waals surface area contributed by atoms with Gasteiger partial charge in [-0.2, -0.15) is 11.8 Å². The number of nitrogens with one attached hydrogen (secondary N) is 1. The molecule has 0 atom stereocenters. The van der Waals surface area contributed by atoms with E-state index in [1.54, 1.807) is 11.3 Å². The molecule has 1 heterocycles. The van der Waals surface area contributed by atoms with Crippen LogP contribution in [-0.4, -0.2) is 18.1 Å². The standard InChI is InChI=1S/C10H16BrNS2/c1-2-13-5-3-4-12-7-9-6-10(11)14-8-9/h6,8,12H,2-5,7H2,1H3. The highest BCUT2D eigenvalue weighted by Gasteiger charge is 1.95. The summed E-state index contributed by atoms with van der Waals surface area (Å²) in [4.78, 5) is 0. The van der Waals surface area contributed by atoms with Gasteiger partial charge in [-0.15, -0.1) is 11.3 Å². The molecule has 0 aliphatic rings. The number of hydrogen-bond donors (Lipinski definition) is 1. The van der Waals surface area contributed by atoms with E-state index in [9.17, 15) is 0 Å². The molecule has 0 saturated heterocycles. The van der Waals surface area contributed by atoms with Gasteiger partial charge < -0.3 is 5.32 Å². The van der Waals surface area contributed by atoms with Gasteiger partial charge in [-0.05, 0) is 57.4 Å². The molecule has 0 amide bonds. The van der Waals surface area contributed by atoms with E-state index < -0.39 is 0 Å². The average molecular weight is 294 g/mol. The molecule has 1 aromatic heterocycles. The second kappa shape index (κ2) is 7.74. The Balaban J connectivity index is 1.99. The monoisotopic (exact) mass is 293 g/mol. The summed E-state index contributed by atoms with van der Waals surface area (Å²) >= 11 is 7.22. The fourth-order valence-electron chi connectivity index (χ4n) is 1.11. The molecule has 0 aliphatic heterocycles. The van der Waals surface area contributed by atoms with Crippen molar-refractivity contribution >= 4 is 39.0 Å². The quantitative estimate of drug-likeness (QED) is 0.769. The predicted molar refractivity (Wildman–Crippen MR) is 71.3 cm³/mol. The molecule has 0 spiro atoms. The van der Waals surface area contributed by atoms with Crippen LogP contribution in [0.2, 0.25) is 0 Å². The van der Waals surface area contributed by atoms with Gasteiger partial charge in [0.1, 0.15) is 0 Å². The number of thiophene rings is 1. The Labute approximate surface area is 103 Å². The summed E-state index contributed by atoms with van der Waals surface area (Å²) in [6.07, 6.45) is 1.27. The zero-order valence-corrected chi connectivity index (χ0v) is 11.6. The van der Waals surface area contributed by atoms with Crippen molar-refractivity contribution in [3.8, 4) is 0 Å². The normalized spacial score (nSPS) is 10.7. The van der Waals surface area contributed by atoms with Crippen LogP contribution >= 0.6 is 39.0 Å². The maximum Gasteiger partial charge on any atom is 0.0701 e. The molecule has 0 aromatic carbocycles. The highest BCUT2D eigenvalue weighted by Crippen LogP contribution is 2.20. The summed E-state index contributed by atoms with van der Waals surface area (Å²) in [5.74, 6) is 2.51. The lowest BCUT2D eigenvalue weighted by atomic mass is 10.3. The maximum atomic E-state index is 3.46. The molecule has 1 rings (SSSR count). The Morgan fingerprint density at radius 1 is 1.57 bits per heavy atom. The molecule has 80 valence electrons. The first-order valence-electron chi connectivity index (χ1n) is 4.84. The lowest BCUT2D eigenvalue weighted by Crippen LogP contribution is -2.14. The summed E-state index contributed by atoms with van der Waals surface area (Å²) in [6, 6.07) is 2.18. The molecular weight excluding hydrogens is 278 g/mol. The van der Waals surface area contributed by atoms with Crippen LogP contribution < -0.4 is 5.32 Å². The van der Waals surface area contributed by atoms with Crippen LogP contribution in [0, 0.1) is 0 Å². The topological polar surface area (TPSA) is 12.0 Å². The molecular formula is C10H16BrNS2. The van der Waals surface area contributed by atoms with E-state index in [2.05, 4.69) is 39.6 Å². The summed E-state index contributed by atoms with van der Waals surface area (Å²) < 4.78 is 1.22. The molecule has 0 radical (unpaired) electrons. The van der Waals surface area contributed by atoms with Gasteiger partial charge in [0, 0.05) is 6.54 Å². The molecule has 1 nitrogen and oxygen atoms in total. The molecule has 4 heteroatoms. The van der Waals surface area contributed by atoms with Crippen molar-refractivity contribution in [2.24, 2.45) is 0 Å². The van der Waals surface area contributed by atoms with Crippen molar-refractivity contribution < 1.29 is 0 Å². The Hall–Kier alpha value is 0.490. The lowest BCUT2D eigenvalue weighted by Gasteiger charge is -2.02. The minimum absolute atomic E-state index is 0.999. The maximum absolute atomic E-state index is 3.46. The molecule has 0 saturated carbocycles. The Bertz CT molecular complexity index is 250. The first-order valence-corrected chi connectivity index (χ1v) is 7.67. The van der Waals surface area contributed by atoms with Crippen LogP contribution in [0.5, 0.6) is 0 Å². The number of hydrogen-bond acceptors (Lipinski definition) is 3. The van der Waals surface area contributed by atoms with Gasteiger partial charge in [-0.25, -0.2) is 0 Å². The summed E-state index contributed by atoms with van der Waals surface area (Å²) in [7, 11) is 0. The third-order valence-electron chi connectivity index (χ3n) is 1.80.